The predicted octanol–water partition coefficient (Wildman–Crippen LogP) is 1.27. The molecule has 1 aromatic rings. The van der Waals surface area contributed by atoms with E-state index in [-0.39, 0.29) is 18.3 Å². The van der Waals surface area contributed by atoms with Crippen LogP contribution in [0.3, 0.4) is 0 Å². The van der Waals surface area contributed by atoms with Crippen molar-refractivity contribution in [1.29, 1.82) is 0 Å². The number of methoxy groups -OCH3 is 1. The van der Waals surface area contributed by atoms with Gasteiger partial charge in [-0.15, -0.1) is 12.4 Å². The van der Waals surface area contributed by atoms with Gasteiger partial charge in [0.05, 0.1) is 13.7 Å². The number of hydrogen-bond donors (Lipinski definition) is 2. The van der Waals surface area contributed by atoms with E-state index in [1.807, 2.05) is 24.3 Å². The summed E-state index contributed by atoms with van der Waals surface area (Å²) in [5.74, 6) is 2.46. The summed E-state index contributed by atoms with van der Waals surface area (Å²) >= 11 is 0. The minimum Gasteiger partial charge on any atom is -0.497 e. The highest BCUT2D eigenvalue weighted by molar-refractivity contribution is 5.85. The highest BCUT2D eigenvalue weighted by Gasteiger charge is 2.33. The maximum absolute atomic E-state index is 12.1. The first-order valence-corrected chi connectivity index (χ1v) is 8.07. The third-order valence-electron chi connectivity index (χ3n) is 4.78. The van der Waals surface area contributed by atoms with E-state index in [4.69, 9.17) is 4.74 Å². The number of halogens is 1. The quantitative estimate of drug-likeness (QED) is 0.848. The Morgan fingerprint density at radius 2 is 2.22 bits per heavy atom. The van der Waals surface area contributed by atoms with E-state index in [1.165, 1.54) is 6.42 Å². The summed E-state index contributed by atoms with van der Waals surface area (Å²) in [4.78, 5) is 14.4. The second-order valence-corrected chi connectivity index (χ2v) is 6.33. The minimum atomic E-state index is 0. The van der Waals surface area contributed by atoms with Gasteiger partial charge in [0.2, 0.25) is 5.91 Å². The highest BCUT2D eigenvalue weighted by atomic mass is 35.5. The summed E-state index contributed by atoms with van der Waals surface area (Å²) in [7, 11) is 1.65. The largest absolute Gasteiger partial charge is 0.497 e. The van der Waals surface area contributed by atoms with E-state index < -0.39 is 0 Å². The van der Waals surface area contributed by atoms with Crippen molar-refractivity contribution >= 4 is 18.3 Å². The average Bonchev–Trinajstić information content (AvgIpc) is 3.01. The number of piperidine rings is 1. The highest BCUT2D eigenvalue weighted by Crippen LogP contribution is 2.26. The molecule has 2 heterocycles. The number of amides is 1. The van der Waals surface area contributed by atoms with Gasteiger partial charge in [-0.25, -0.2) is 0 Å². The standard InChI is InChI=1S/C17H25N3O2.ClH/c1-22-16-4-2-3-13(7-16)8-19-17(21)12-20-6-5-14-9-18-10-15(14)11-20;/h2-4,7,14-15,18H,5-6,8-12H2,1H3,(H,19,21);1H. The number of nitrogens with zero attached hydrogens (tertiary/aromatic N) is 1. The number of fused-ring (bicyclic) bond motifs is 1. The number of likely N-dealkylation sites (tertiary alicyclic amines) is 1. The fraction of sp³-hybridized carbons (Fsp3) is 0.588. The normalized spacial score (nSPS) is 23.7. The lowest BCUT2D eigenvalue weighted by atomic mass is 9.89. The smallest absolute Gasteiger partial charge is 0.234 e. The lowest BCUT2D eigenvalue weighted by molar-refractivity contribution is -0.122. The van der Waals surface area contributed by atoms with E-state index in [0.717, 1.165) is 49.3 Å². The van der Waals surface area contributed by atoms with E-state index in [2.05, 4.69) is 15.5 Å². The molecular weight excluding hydrogens is 314 g/mol. The van der Waals surface area contributed by atoms with Crippen LogP contribution in [0.25, 0.3) is 0 Å². The molecule has 1 aromatic carbocycles. The molecule has 0 aromatic heterocycles. The summed E-state index contributed by atoms with van der Waals surface area (Å²) in [5, 5.41) is 6.46. The lowest BCUT2D eigenvalue weighted by Gasteiger charge is -2.33. The molecular formula is C17H26ClN3O2. The molecule has 3 rings (SSSR count). The molecule has 2 fully saturated rings. The first kappa shape index (κ1) is 18.0. The van der Waals surface area contributed by atoms with E-state index >= 15 is 0 Å². The monoisotopic (exact) mass is 339 g/mol. The van der Waals surface area contributed by atoms with Gasteiger partial charge in [-0.2, -0.15) is 0 Å². The molecule has 0 bridgehead atoms. The molecule has 2 saturated heterocycles. The van der Waals surface area contributed by atoms with Crippen molar-refractivity contribution in [3.63, 3.8) is 0 Å². The van der Waals surface area contributed by atoms with Crippen molar-refractivity contribution in [2.75, 3.05) is 39.8 Å². The minimum absolute atomic E-state index is 0. The summed E-state index contributed by atoms with van der Waals surface area (Å²) in [6.45, 7) is 5.40. The Hall–Kier alpha value is -1.30. The van der Waals surface area contributed by atoms with E-state index in [0.29, 0.717) is 13.1 Å². The summed E-state index contributed by atoms with van der Waals surface area (Å²) in [5.41, 5.74) is 1.06. The summed E-state index contributed by atoms with van der Waals surface area (Å²) in [6, 6.07) is 7.80. The number of ether oxygens (including phenoxy) is 1. The Bertz CT molecular complexity index is 526. The number of rotatable bonds is 5. The summed E-state index contributed by atoms with van der Waals surface area (Å²) in [6.07, 6.45) is 1.21. The Labute approximate surface area is 144 Å². The zero-order chi connectivity index (χ0) is 15.4. The third kappa shape index (κ3) is 4.83. The van der Waals surface area contributed by atoms with Gasteiger partial charge in [0.1, 0.15) is 5.75 Å². The number of hydrogen-bond acceptors (Lipinski definition) is 4. The van der Waals surface area contributed by atoms with Gasteiger partial charge in [0.25, 0.3) is 0 Å². The predicted molar refractivity (Wildman–Crippen MR) is 93.0 cm³/mol. The van der Waals surface area contributed by atoms with Crippen LogP contribution in [0.2, 0.25) is 0 Å². The Balaban J connectivity index is 0.00000192. The van der Waals surface area contributed by atoms with Crippen LogP contribution in [0, 0.1) is 11.8 Å². The van der Waals surface area contributed by atoms with Crippen molar-refractivity contribution in [2.24, 2.45) is 11.8 Å². The van der Waals surface area contributed by atoms with Crippen molar-refractivity contribution in [3.05, 3.63) is 29.8 Å². The Morgan fingerprint density at radius 1 is 1.39 bits per heavy atom. The molecule has 2 aliphatic heterocycles. The topological polar surface area (TPSA) is 53.6 Å². The van der Waals surface area contributed by atoms with Crippen LogP contribution in [-0.4, -0.2) is 50.6 Å². The van der Waals surface area contributed by atoms with Gasteiger partial charge in [-0.1, -0.05) is 12.1 Å². The maximum atomic E-state index is 12.1. The fourth-order valence-corrected chi connectivity index (χ4v) is 3.50. The SMILES string of the molecule is COc1cccc(CNC(=O)CN2CCC3CNCC3C2)c1.Cl. The van der Waals surface area contributed by atoms with Gasteiger partial charge in [0, 0.05) is 13.1 Å². The van der Waals surface area contributed by atoms with Crippen molar-refractivity contribution in [1.82, 2.24) is 15.5 Å². The van der Waals surface area contributed by atoms with Crippen LogP contribution in [0.5, 0.6) is 5.75 Å². The van der Waals surface area contributed by atoms with Crippen LogP contribution < -0.4 is 15.4 Å². The third-order valence-corrected chi connectivity index (χ3v) is 4.78. The average molecular weight is 340 g/mol. The molecule has 0 aliphatic carbocycles. The van der Waals surface area contributed by atoms with Crippen LogP contribution in [0.1, 0.15) is 12.0 Å². The molecule has 2 atom stereocenters. The lowest BCUT2D eigenvalue weighted by Crippen LogP contribution is -2.45. The molecule has 1 amide bonds. The zero-order valence-corrected chi connectivity index (χ0v) is 14.4. The van der Waals surface area contributed by atoms with Gasteiger partial charge < -0.3 is 15.4 Å². The van der Waals surface area contributed by atoms with Crippen LogP contribution in [0.15, 0.2) is 24.3 Å². The van der Waals surface area contributed by atoms with Crippen molar-refractivity contribution < 1.29 is 9.53 Å². The molecule has 128 valence electrons. The zero-order valence-electron chi connectivity index (χ0n) is 13.6. The number of carbonyl (C=O) groups is 1. The second-order valence-electron chi connectivity index (χ2n) is 6.33. The second kappa shape index (κ2) is 8.52. The molecule has 0 radical (unpaired) electrons. The Morgan fingerprint density at radius 3 is 3.04 bits per heavy atom. The maximum Gasteiger partial charge on any atom is 0.234 e. The number of benzene rings is 1. The van der Waals surface area contributed by atoms with Crippen molar-refractivity contribution in [2.45, 2.75) is 13.0 Å². The fourth-order valence-electron chi connectivity index (χ4n) is 3.50. The first-order valence-electron chi connectivity index (χ1n) is 8.07. The first-order chi connectivity index (χ1) is 10.7. The van der Waals surface area contributed by atoms with Crippen LogP contribution in [0.4, 0.5) is 0 Å². The molecule has 0 spiro atoms. The molecule has 5 nitrogen and oxygen atoms in total. The van der Waals surface area contributed by atoms with Gasteiger partial charge >= 0.3 is 0 Å². The summed E-state index contributed by atoms with van der Waals surface area (Å²) < 4.78 is 5.20. The van der Waals surface area contributed by atoms with E-state index in [9.17, 15) is 4.79 Å². The molecule has 23 heavy (non-hydrogen) atoms. The van der Waals surface area contributed by atoms with Crippen LogP contribution >= 0.6 is 12.4 Å². The molecule has 2 unspecified atom stereocenters. The number of nitrogens with one attached hydrogen (secondary N) is 2. The molecule has 2 N–H and O–H groups in total. The Kier molecular flexibility index (Phi) is 6.69. The van der Waals surface area contributed by atoms with Gasteiger partial charge in [-0.05, 0) is 55.6 Å². The van der Waals surface area contributed by atoms with E-state index in [1.54, 1.807) is 7.11 Å². The van der Waals surface area contributed by atoms with Crippen molar-refractivity contribution in [3.8, 4) is 5.75 Å². The van der Waals surface area contributed by atoms with Crippen LogP contribution in [-0.2, 0) is 11.3 Å². The molecule has 2 aliphatic rings. The number of carbonyl (C=O) groups excluding carboxylic acids is 1. The molecule has 6 heteroatoms. The molecule has 0 saturated carbocycles. The van der Waals surface area contributed by atoms with Gasteiger partial charge in [0.15, 0.2) is 0 Å². The van der Waals surface area contributed by atoms with Gasteiger partial charge in [-0.3, -0.25) is 9.69 Å².